The molecule has 0 saturated heterocycles. The number of rotatable bonds is 4. The number of benzene rings is 1. The van der Waals surface area contributed by atoms with E-state index in [4.69, 9.17) is 11.6 Å². The lowest BCUT2D eigenvalue weighted by Gasteiger charge is -2.17. The standard InChI is InChI=1S/C14H13ClN2O3S/c1-9-5-6-21-13(9)8-16(2)14(18)10-3-4-12(17(19)20)11(15)7-10/h3-7H,8H2,1-2H3. The lowest BCUT2D eigenvalue weighted by Crippen LogP contribution is -2.26. The average Bonchev–Trinajstić information content (AvgIpc) is 2.82. The molecule has 0 spiro atoms. The SMILES string of the molecule is Cc1ccsc1CN(C)C(=O)c1ccc([N+](=O)[O-])c(Cl)c1. The van der Waals surface area contributed by atoms with Crippen LogP contribution in [-0.4, -0.2) is 22.8 Å². The zero-order chi connectivity index (χ0) is 15.6. The van der Waals surface area contributed by atoms with Gasteiger partial charge >= 0.3 is 0 Å². The Morgan fingerprint density at radius 2 is 2.14 bits per heavy atom. The fraction of sp³-hybridized carbons (Fsp3) is 0.214. The van der Waals surface area contributed by atoms with Gasteiger partial charge in [-0.15, -0.1) is 11.3 Å². The van der Waals surface area contributed by atoms with Crippen LogP contribution in [0, 0.1) is 17.0 Å². The Morgan fingerprint density at radius 3 is 2.67 bits per heavy atom. The first kappa shape index (κ1) is 15.5. The monoisotopic (exact) mass is 324 g/mol. The number of amides is 1. The van der Waals surface area contributed by atoms with Crippen molar-refractivity contribution in [3.05, 3.63) is 60.8 Å². The topological polar surface area (TPSA) is 63.5 Å². The van der Waals surface area contributed by atoms with Gasteiger partial charge in [-0.3, -0.25) is 14.9 Å². The Labute approximate surface area is 130 Å². The average molecular weight is 325 g/mol. The quantitative estimate of drug-likeness (QED) is 0.633. The van der Waals surface area contributed by atoms with Gasteiger partial charge in [-0.05, 0) is 36.1 Å². The smallest absolute Gasteiger partial charge is 0.287 e. The van der Waals surface area contributed by atoms with Crippen LogP contribution in [0.5, 0.6) is 0 Å². The minimum absolute atomic E-state index is 0.0356. The Hall–Kier alpha value is -1.92. The zero-order valence-corrected chi connectivity index (χ0v) is 13.1. The summed E-state index contributed by atoms with van der Waals surface area (Å²) in [6, 6.07) is 6.00. The molecule has 2 aromatic rings. The summed E-state index contributed by atoms with van der Waals surface area (Å²) < 4.78 is 0. The summed E-state index contributed by atoms with van der Waals surface area (Å²) in [5.74, 6) is -0.223. The number of aryl methyl sites for hydroxylation is 1. The van der Waals surface area contributed by atoms with Crippen LogP contribution in [-0.2, 0) is 6.54 Å². The van der Waals surface area contributed by atoms with Gasteiger partial charge < -0.3 is 4.90 Å². The molecule has 1 amide bonds. The van der Waals surface area contributed by atoms with Crippen molar-refractivity contribution in [2.45, 2.75) is 13.5 Å². The number of carbonyl (C=O) groups is 1. The van der Waals surface area contributed by atoms with Gasteiger partial charge in [0, 0.05) is 23.6 Å². The molecule has 0 unspecified atom stereocenters. The maximum Gasteiger partial charge on any atom is 0.287 e. The number of nitro groups is 1. The van der Waals surface area contributed by atoms with E-state index in [2.05, 4.69) is 0 Å². The number of nitro benzene ring substituents is 1. The molecule has 1 aromatic carbocycles. The Balaban J connectivity index is 2.18. The number of hydrogen-bond acceptors (Lipinski definition) is 4. The second-order valence-corrected chi connectivity index (χ2v) is 6.02. The predicted molar refractivity (Wildman–Crippen MR) is 83.0 cm³/mol. The van der Waals surface area contributed by atoms with Crippen molar-refractivity contribution in [3.63, 3.8) is 0 Å². The highest BCUT2D eigenvalue weighted by atomic mass is 35.5. The van der Waals surface area contributed by atoms with Crippen molar-refractivity contribution in [2.24, 2.45) is 0 Å². The number of halogens is 1. The molecule has 0 bridgehead atoms. The molecule has 0 fully saturated rings. The van der Waals surface area contributed by atoms with Gasteiger partial charge in [0.1, 0.15) is 5.02 Å². The van der Waals surface area contributed by atoms with Crippen LogP contribution in [0.3, 0.4) is 0 Å². The van der Waals surface area contributed by atoms with E-state index in [1.807, 2.05) is 18.4 Å². The van der Waals surface area contributed by atoms with Crippen LogP contribution >= 0.6 is 22.9 Å². The number of hydrogen-bond donors (Lipinski definition) is 0. The minimum atomic E-state index is -0.574. The second-order valence-electron chi connectivity index (χ2n) is 4.61. The van der Waals surface area contributed by atoms with Gasteiger partial charge in [0.15, 0.2) is 0 Å². The minimum Gasteiger partial charge on any atom is -0.337 e. The van der Waals surface area contributed by atoms with Gasteiger partial charge in [0.25, 0.3) is 11.6 Å². The number of thiophene rings is 1. The Morgan fingerprint density at radius 1 is 1.43 bits per heavy atom. The van der Waals surface area contributed by atoms with Crippen molar-refractivity contribution in [1.82, 2.24) is 4.90 Å². The fourth-order valence-corrected chi connectivity index (χ4v) is 3.07. The highest BCUT2D eigenvalue weighted by Crippen LogP contribution is 2.26. The fourth-order valence-electron chi connectivity index (χ4n) is 1.86. The summed E-state index contributed by atoms with van der Waals surface area (Å²) in [6.07, 6.45) is 0. The molecule has 1 heterocycles. The molecule has 5 nitrogen and oxygen atoms in total. The lowest BCUT2D eigenvalue weighted by atomic mass is 10.1. The van der Waals surface area contributed by atoms with Crippen LogP contribution in [0.25, 0.3) is 0 Å². The molecule has 0 aliphatic rings. The molecular weight excluding hydrogens is 312 g/mol. The van der Waals surface area contributed by atoms with Crippen LogP contribution in [0.1, 0.15) is 20.8 Å². The molecule has 0 atom stereocenters. The lowest BCUT2D eigenvalue weighted by molar-refractivity contribution is -0.384. The number of nitrogens with zero attached hydrogens (tertiary/aromatic N) is 2. The summed E-state index contributed by atoms with van der Waals surface area (Å²) in [7, 11) is 1.69. The molecule has 0 aliphatic carbocycles. The third-order valence-corrected chi connectivity index (χ3v) is 4.40. The van der Waals surface area contributed by atoms with E-state index in [1.54, 1.807) is 23.3 Å². The maximum atomic E-state index is 12.3. The zero-order valence-electron chi connectivity index (χ0n) is 11.5. The summed E-state index contributed by atoms with van der Waals surface area (Å²) in [5.41, 5.74) is 1.27. The van der Waals surface area contributed by atoms with E-state index in [1.165, 1.54) is 18.2 Å². The first-order valence-electron chi connectivity index (χ1n) is 6.12. The highest BCUT2D eigenvalue weighted by molar-refractivity contribution is 7.10. The van der Waals surface area contributed by atoms with Crippen LogP contribution in [0.4, 0.5) is 5.69 Å². The van der Waals surface area contributed by atoms with Crippen molar-refractivity contribution in [3.8, 4) is 0 Å². The highest BCUT2D eigenvalue weighted by Gasteiger charge is 2.18. The molecule has 0 aliphatic heterocycles. The van der Waals surface area contributed by atoms with Gasteiger partial charge in [-0.2, -0.15) is 0 Å². The molecule has 0 radical (unpaired) electrons. The summed E-state index contributed by atoms with van der Waals surface area (Å²) >= 11 is 7.42. The largest absolute Gasteiger partial charge is 0.337 e. The van der Waals surface area contributed by atoms with E-state index in [9.17, 15) is 14.9 Å². The Kier molecular flexibility index (Phi) is 4.59. The molecule has 1 aromatic heterocycles. The predicted octanol–water partition coefficient (Wildman–Crippen LogP) is 3.89. The third kappa shape index (κ3) is 3.40. The number of carbonyl (C=O) groups excluding carboxylic acids is 1. The van der Waals surface area contributed by atoms with Gasteiger partial charge in [0.05, 0.1) is 11.5 Å². The molecular formula is C14H13ClN2O3S. The normalized spacial score (nSPS) is 10.4. The van der Waals surface area contributed by atoms with Crippen molar-refractivity contribution in [1.29, 1.82) is 0 Å². The molecule has 0 N–H and O–H groups in total. The summed E-state index contributed by atoms with van der Waals surface area (Å²) in [6.45, 7) is 2.49. The van der Waals surface area contributed by atoms with Crippen molar-refractivity contribution < 1.29 is 9.72 Å². The van der Waals surface area contributed by atoms with Gasteiger partial charge in [0.2, 0.25) is 0 Å². The first-order valence-corrected chi connectivity index (χ1v) is 7.38. The van der Waals surface area contributed by atoms with E-state index >= 15 is 0 Å². The van der Waals surface area contributed by atoms with Crippen LogP contribution < -0.4 is 0 Å². The molecule has 110 valence electrons. The van der Waals surface area contributed by atoms with E-state index < -0.39 is 4.92 Å². The molecule has 21 heavy (non-hydrogen) atoms. The van der Waals surface area contributed by atoms with Crippen molar-refractivity contribution in [2.75, 3.05) is 7.05 Å². The van der Waals surface area contributed by atoms with Gasteiger partial charge in [-0.1, -0.05) is 11.6 Å². The van der Waals surface area contributed by atoms with Crippen LogP contribution in [0.2, 0.25) is 5.02 Å². The maximum absolute atomic E-state index is 12.3. The molecule has 7 heteroatoms. The van der Waals surface area contributed by atoms with Crippen LogP contribution in [0.15, 0.2) is 29.6 Å². The van der Waals surface area contributed by atoms with Gasteiger partial charge in [-0.25, -0.2) is 0 Å². The molecule has 0 saturated carbocycles. The van der Waals surface area contributed by atoms with E-state index in [0.29, 0.717) is 12.1 Å². The van der Waals surface area contributed by atoms with E-state index in [0.717, 1.165) is 10.4 Å². The van der Waals surface area contributed by atoms with Crippen molar-refractivity contribution >= 4 is 34.5 Å². The van der Waals surface area contributed by atoms with E-state index in [-0.39, 0.29) is 16.6 Å². The molecule has 2 rings (SSSR count). The first-order chi connectivity index (χ1) is 9.90. The third-order valence-electron chi connectivity index (χ3n) is 3.09. The Bertz CT molecular complexity index is 699. The summed E-state index contributed by atoms with van der Waals surface area (Å²) in [4.78, 5) is 25.1. The summed E-state index contributed by atoms with van der Waals surface area (Å²) in [5, 5.41) is 12.7. The second kappa shape index (κ2) is 6.24.